The number of carbonyl (C=O) groups is 2. The van der Waals surface area contributed by atoms with Gasteiger partial charge in [-0.2, -0.15) is 0 Å². The Labute approximate surface area is 144 Å². The van der Waals surface area contributed by atoms with Crippen LogP contribution < -0.4 is 10.6 Å². The zero-order chi connectivity index (χ0) is 18.2. The van der Waals surface area contributed by atoms with E-state index < -0.39 is 23.0 Å². The van der Waals surface area contributed by atoms with Crippen molar-refractivity contribution in [2.45, 2.75) is 13.1 Å². The van der Waals surface area contributed by atoms with Gasteiger partial charge in [-0.05, 0) is 31.2 Å². The molecule has 1 unspecified atom stereocenters. The summed E-state index contributed by atoms with van der Waals surface area (Å²) in [6.07, 6.45) is -1.13. The topological polar surface area (TPSA) is 111 Å². The number of rotatable bonds is 7. The van der Waals surface area contributed by atoms with Crippen LogP contribution >= 0.6 is 0 Å². The molecule has 0 aliphatic carbocycles. The number of non-ortho nitro benzene ring substituents is 1. The van der Waals surface area contributed by atoms with Gasteiger partial charge in [0.2, 0.25) is 0 Å². The summed E-state index contributed by atoms with van der Waals surface area (Å²) >= 11 is 0. The molecule has 130 valence electrons. The number of nitro benzene ring substituents is 1. The van der Waals surface area contributed by atoms with Crippen molar-refractivity contribution in [2.24, 2.45) is 0 Å². The number of benzene rings is 2. The maximum absolute atomic E-state index is 12.2. The second-order valence-corrected chi connectivity index (χ2v) is 4.97. The Hall–Kier alpha value is -3.42. The molecule has 8 heteroatoms. The minimum absolute atomic E-state index is 0.0773. The third-order valence-electron chi connectivity index (χ3n) is 3.22. The van der Waals surface area contributed by atoms with Crippen molar-refractivity contribution >= 4 is 23.3 Å². The number of nitro groups is 1. The number of amides is 1. The van der Waals surface area contributed by atoms with Crippen molar-refractivity contribution in [1.29, 1.82) is 0 Å². The lowest BCUT2D eigenvalue weighted by molar-refractivity contribution is -0.384. The van der Waals surface area contributed by atoms with E-state index in [9.17, 15) is 19.7 Å². The van der Waals surface area contributed by atoms with Crippen LogP contribution in [0.3, 0.4) is 0 Å². The van der Waals surface area contributed by atoms with Crippen LogP contribution in [-0.2, 0) is 9.53 Å². The predicted molar refractivity (Wildman–Crippen MR) is 91.0 cm³/mol. The van der Waals surface area contributed by atoms with Gasteiger partial charge >= 0.3 is 5.97 Å². The molecular formula is C17H17N3O5. The first-order valence-corrected chi connectivity index (χ1v) is 7.54. The van der Waals surface area contributed by atoms with Gasteiger partial charge in [0.1, 0.15) is 0 Å². The highest BCUT2D eigenvalue weighted by Crippen LogP contribution is 2.16. The molecule has 0 spiro atoms. The van der Waals surface area contributed by atoms with E-state index in [0.717, 1.165) is 0 Å². The second-order valence-electron chi connectivity index (χ2n) is 4.97. The molecule has 0 aromatic heterocycles. The highest BCUT2D eigenvalue weighted by Gasteiger charge is 2.22. The van der Waals surface area contributed by atoms with E-state index in [2.05, 4.69) is 10.6 Å². The monoisotopic (exact) mass is 343 g/mol. The average molecular weight is 343 g/mol. The fraction of sp³-hybridized carbons (Fsp3) is 0.176. The van der Waals surface area contributed by atoms with Gasteiger partial charge in [0.05, 0.1) is 11.5 Å². The number of carbonyl (C=O) groups excluding carboxylic acids is 2. The minimum atomic E-state index is -1.13. The summed E-state index contributed by atoms with van der Waals surface area (Å²) < 4.78 is 4.95. The first-order valence-electron chi connectivity index (χ1n) is 7.54. The van der Waals surface area contributed by atoms with E-state index >= 15 is 0 Å². The van der Waals surface area contributed by atoms with Crippen LogP contribution in [0.5, 0.6) is 0 Å². The molecular weight excluding hydrogens is 326 g/mol. The summed E-state index contributed by atoms with van der Waals surface area (Å²) in [6, 6.07) is 13.9. The molecule has 0 heterocycles. The number of nitrogens with one attached hydrogen (secondary N) is 2. The van der Waals surface area contributed by atoms with Crippen molar-refractivity contribution in [3.8, 4) is 0 Å². The number of hydrogen-bond donors (Lipinski definition) is 2. The summed E-state index contributed by atoms with van der Waals surface area (Å²) in [7, 11) is 0. The van der Waals surface area contributed by atoms with Gasteiger partial charge in [0.25, 0.3) is 11.6 Å². The largest absolute Gasteiger partial charge is 0.463 e. The standard InChI is InChI=1S/C17H17N3O5/c1-2-25-17(22)15(19-16(21)12-6-4-3-5-7-12)18-13-8-10-14(11-9-13)20(23)24/h3-11,15,18H,2H2,1H3,(H,19,21). The Kier molecular flexibility index (Phi) is 6.05. The first-order chi connectivity index (χ1) is 12.0. The van der Waals surface area contributed by atoms with Gasteiger partial charge in [-0.15, -0.1) is 0 Å². The SMILES string of the molecule is CCOC(=O)C(NC(=O)c1ccccc1)Nc1ccc([N+](=O)[O-])cc1. The van der Waals surface area contributed by atoms with Crippen LogP contribution in [0.1, 0.15) is 17.3 Å². The molecule has 8 nitrogen and oxygen atoms in total. The molecule has 25 heavy (non-hydrogen) atoms. The Morgan fingerprint density at radius 1 is 1.12 bits per heavy atom. The van der Waals surface area contributed by atoms with Gasteiger partial charge in [0.15, 0.2) is 6.17 Å². The predicted octanol–water partition coefficient (Wildman–Crippen LogP) is 2.33. The van der Waals surface area contributed by atoms with E-state index in [1.54, 1.807) is 37.3 Å². The molecule has 0 fully saturated rings. The molecule has 0 aliphatic rings. The molecule has 2 N–H and O–H groups in total. The van der Waals surface area contributed by atoms with Gasteiger partial charge in [-0.3, -0.25) is 14.9 Å². The van der Waals surface area contributed by atoms with Crippen LogP contribution in [0, 0.1) is 10.1 Å². The van der Waals surface area contributed by atoms with E-state index in [1.807, 2.05) is 0 Å². The maximum Gasteiger partial charge on any atom is 0.349 e. The third kappa shape index (κ3) is 5.03. The summed E-state index contributed by atoms with van der Waals surface area (Å²) in [6.45, 7) is 1.80. The molecule has 0 saturated carbocycles. The van der Waals surface area contributed by atoms with Crippen molar-refractivity contribution in [2.75, 3.05) is 11.9 Å². The summed E-state index contributed by atoms with van der Waals surface area (Å²) in [4.78, 5) is 34.5. The van der Waals surface area contributed by atoms with E-state index in [1.165, 1.54) is 24.3 Å². The van der Waals surface area contributed by atoms with E-state index in [-0.39, 0.29) is 12.3 Å². The molecule has 0 aliphatic heterocycles. The number of anilines is 1. The molecule has 0 bridgehead atoms. The molecule has 1 amide bonds. The Bertz CT molecular complexity index is 747. The lowest BCUT2D eigenvalue weighted by atomic mass is 10.2. The van der Waals surface area contributed by atoms with Crippen LogP contribution in [0.2, 0.25) is 0 Å². The molecule has 0 radical (unpaired) electrons. The lowest BCUT2D eigenvalue weighted by Gasteiger charge is -2.19. The van der Waals surface area contributed by atoms with Crippen LogP contribution in [0.25, 0.3) is 0 Å². The van der Waals surface area contributed by atoms with Gasteiger partial charge < -0.3 is 15.4 Å². The smallest absolute Gasteiger partial charge is 0.349 e. The van der Waals surface area contributed by atoms with E-state index in [0.29, 0.717) is 11.3 Å². The summed E-state index contributed by atoms with van der Waals surface area (Å²) in [5.41, 5.74) is 0.742. The van der Waals surface area contributed by atoms with Crippen molar-refractivity contribution < 1.29 is 19.2 Å². The Morgan fingerprint density at radius 3 is 2.32 bits per heavy atom. The fourth-order valence-corrected chi connectivity index (χ4v) is 2.03. The molecule has 0 saturated heterocycles. The maximum atomic E-state index is 12.2. The summed E-state index contributed by atoms with van der Waals surface area (Å²) in [5, 5.41) is 16.0. The number of ether oxygens (including phenoxy) is 1. The van der Waals surface area contributed by atoms with Gasteiger partial charge in [-0.25, -0.2) is 4.79 Å². The first kappa shape index (κ1) is 17.9. The second kappa shape index (κ2) is 8.44. The number of hydrogen-bond acceptors (Lipinski definition) is 6. The van der Waals surface area contributed by atoms with Crippen LogP contribution in [0.4, 0.5) is 11.4 Å². The number of esters is 1. The minimum Gasteiger partial charge on any atom is -0.463 e. The van der Waals surface area contributed by atoms with Crippen LogP contribution in [0.15, 0.2) is 54.6 Å². The Morgan fingerprint density at radius 2 is 1.76 bits per heavy atom. The van der Waals surface area contributed by atoms with Gasteiger partial charge in [0, 0.05) is 23.4 Å². The molecule has 2 aromatic carbocycles. The van der Waals surface area contributed by atoms with Crippen LogP contribution in [-0.4, -0.2) is 29.6 Å². The molecule has 2 rings (SSSR count). The molecule has 1 atom stereocenters. The summed E-state index contributed by atoms with van der Waals surface area (Å²) in [5.74, 6) is -1.11. The number of nitrogens with zero attached hydrogens (tertiary/aromatic N) is 1. The Balaban J connectivity index is 2.14. The average Bonchev–Trinajstić information content (AvgIpc) is 2.62. The zero-order valence-corrected chi connectivity index (χ0v) is 13.5. The van der Waals surface area contributed by atoms with Crippen molar-refractivity contribution in [3.05, 3.63) is 70.3 Å². The van der Waals surface area contributed by atoms with Crippen molar-refractivity contribution in [3.63, 3.8) is 0 Å². The van der Waals surface area contributed by atoms with Crippen molar-refractivity contribution in [1.82, 2.24) is 5.32 Å². The van der Waals surface area contributed by atoms with Gasteiger partial charge in [-0.1, -0.05) is 18.2 Å². The third-order valence-corrected chi connectivity index (χ3v) is 3.22. The zero-order valence-electron chi connectivity index (χ0n) is 13.5. The highest BCUT2D eigenvalue weighted by molar-refractivity contribution is 5.97. The normalized spacial score (nSPS) is 11.2. The lowest BCUT2D eigenvalue weighted by Crippen LogP contribution is -2.47. The van der Waals surface area contributed by atoms with E-state index in [4.69, 9.17) is 4.74 Å². The fourth-order valence-electron chi connectivity index (χ4n) is 2.03. The molecule has 2 aromatic rings. The highest BCUT2D eigenvalue weighted by atomic mass is 16.6. The quantitative estimate of drug-likeness (QED) is 0.345.